The quantitative estimate of drug-likeness (QED) is 0.903. The molecule has 2 N–H and O–H groups in total. The van der Waals surface area contributed by atoms with Gasteiger partial charge in [-0.1, -0.05) is 17.7 Å². The Morgan fingerprint density at radius 1 is 1.18 bits per heavy atom. The smallest absolute Gasteiger partial charge is 0.261 e. The summed E-state index contributed by atoms with van der Waals surface area (Å²) in [5.41, 5.74) is 1.89. The molecule has 0 fully saturated rings. The summed E-state index contributed by atoms with van der Waals surface area (Å²) in [7, 11) is -3.72. The molecule has 0 spiro atoms. The Balaban J connectivity index is 1.93. The first kappa shape index (κ1) is 14.9. The Kier molecular flexibility index (Phi) is 3.58. The van der Waals surface area contributed by atoms with Crippen LogP contribution < -0.4 is 10.0 Å². The molecule has 0 bridgehead atoms. The number of anilines is 2. The summed E-state index contributed by atoms with van der Waals surface area (Å²) in [5.74, 6) is -0.393. The van der Waals surface area contributed by atoms with Crippen molar-refractivity contribution in [2.24, 2.45) is 0 Å². The highest BCUT2D eigenvalue weighted by Gasteiger charge is 2.27. The second-order valence-corrected chi connectivity index (χ2v) is 7.19. The van der Waals surface area contributed by atoms with Gasteiger partial charge in [-0.15, -0.1) is 0 Å². The number of benzene rings is 2. The lowest BCUT2D eigenvalue weighted by Gasteiger charge is -2.10. The van der Waals surface area contributed by atoms with E-state index in [9.17, 15) is 13.2 Å². The number of hydrogen-bond acceptors (Lipinski definition) is 3. The van der Waals surface area contributed by atoms with Crippen LogP contribution >= 0.6 is 11.6 Å². The summed E-state index contributed by atoms with van der Waals surface area (Å²) in [6.45, 7) is 1.77. The molecular formula is C15H13ClN2O3S. The number of carbonyl (C=O) groups is 1. The Bertz CT molecular complexity index is 865. The van der Waals surface area contributed by atoms with Gasteiger partial charge < -0.3 is 5.32 Å². The van der Waals surface area contributed by atoms with Gasteiger partial charge in [0.05, 0.1) is 10.8 Å². The Morgan fingerprint density at radius 2 is 1.95 bits per heavy atom. The third-order valence-corrected chi connectivity index (χ3v) is 5.14. The van der Waals surface area contributed by atoms with E-state index in [1.165, 1.54) is 12.1 Å². The highest BCUT2D eigenvalue weighted by atomic mass is 35.5. The average Bonchev–Trinajstić information content (AvgIpc) is 2.74. The first-order valence-electron chi connectivity index (χ1n) is 6.60. The SMILES string of the molecule is CC1C(=O)Nc2ccc(NS(=O)(=O)c3cccc(Cl)c3)cc21. The number of hydrogen-bond donors (Lipinski definition) is 2. The molecule has 0 aliphatic carbocycles. The summed E-state index contributed by atoms with van der Waals surface area (Å²) in [4.78, 5) is 11.7. The lowest BCUT2D eigenvalue weighted by Crippen LogP contribution is -2.13. The number of sulfonamides is 1. The molecule has 114 valence electrons. The van der Waals surface area contributed by atoms with E-state index in [0.717, 1.165) is 5.56 Å². The molecule has 2 aromatic rings. The van der Waals surface area contributed by atoms with Gasteiger partial charge in [0.2, 0.25) is 5.91 Å². The van der Waals surface area contributed by atoms with Gasteiger partial charge in [0.15, 0.2) is 0 Å². The second-order valence-electron chi connectivity index (χ2n) is 5.08. The lowest BCUT2D eigenvalue weighted by atomic mass is 10.0. The topological polar surface area (TPSA) is 75.3 Å². The van der Waals surface area contributed by atoms with E-state index in [2.05, 4.69) is 10.0 Å². The van der Waals surface area contributed by atoms with Crippen molar-refractivity contribution < 1.29 is 13.2 Å². The minimum absolute atomic E-state index is 0.0859. The minimum atomic E-state index is -3.72. The fourth-order valence-corrected chi connectivity index (χ4v) is 3.68. The number of rotatable bonds is 3. The molecule has 1 atom stereocenters. The van der Waals surface area contributed by atoms with Gasteiger partial charge in [-0.2, -0.15) is 0 Å². The van der Waals surface area contributed by atoms with Crippen molar-refractivity contribution in [3.05, 3.63) is 53.1 Å². The molecule has 22 heavy (non-hydrogen) atoms. The molecule has 2 aromatic carbocycles. The third kappa shape index (κ3) is 2.67. The van der Waals surface area contributed by atoms with Crippen LogP contribution in [0.2, 0.25) is 5.02 Å². The Morgan fingerprint density at radius 3 is 2.68 bits per heavy atom. The van der Waals surface area contributed by atoms with E-state index < -0.39 is 10.0 Å². The van der Waals surface area contributed by atoms with Crippen molar-refractivity contribution in [1.82, 2.24) is 0 Å². The maximum absolute atomic E-state index is 12.3. The van der Waals surface area contributed by atoms with Gasteiger partial charge in [-0.25, -0.2) is 8.42 Å². The highest BCUT2D eigenvalue weighted by molar-refractivity contribution is 7.92. The van der Waals surface area contributed by atoms with Gasteiger partial charge in [0, 0.05) is 16.4 Å². The van der Waals surface area contributed by atoms with E-state index in [0.29, 0.717) is 16.4 Å². The molecule has 7 heteroatoms. The molecule has 0 saturated heterocycles. The van der Waals surface area contributed by atoms with Gasteiger partial charge >= 0.3 is 0 Å². The number of nitrogens with one attached hydrogen (secondary N) is 2. The van der Waals surface area contributed by atoms with E-state index in [4.69, 9.17) is 11.6 Å². The molecule has 1 aliphatic rings. The van der Waals surface area contributed by atoms with Crippen molar-refractivity contribution in [2.45, 2.75) is 17.7 Å². The summed E-state index contributed by atoms with van der Waals surface area (Å²) in [6, 6.07) is 11.0. The summed E-state index contributed by atoms with van der Waals surface area (Å²) >= 11 is 5.83. The fourth-order valence-electron chi connectivity index (χ4n) is 2.33. The number of fused-ring (bicyclic) bond motifs is 1. The number of amides is 1. The molecule has 1 unspecified atom stereocenters. The minimum Gasteiger partial charge on any atom is -0.325 e. The van der Waals surface area contributed by atoms with Crippen LogP contribution in [0.4, 0.5) is 11.4 Å². The third-order valence-electron chi connectivity index (χ3n) is 3.53. The Labute approximate surface area is 133 Å². The van der Waals surface area contributed by atoms with Crippen LogP contribution in [-0.2, 0) is 14.8 Å². The molecule has 1 amide bonds. The highest BCUT2D eigenvalue weighted by Crippen LogP contribution is 2.34. The molecular weight excluding hydrogens is 324 g/mol. The second kappa shape index (κ2) is 5.30. The maximum Gasteiger partial charge on any atom is 0.261 e. The van der Waals surface area contributed by atoms with E-state index in [1.54, 1.807) is 37.3 Å². The first-order chi connectivity index (χ1) is 10.4. The van der Waals surface area contributed by atoms with Crippen LogP contribution in [0.1, 0.15) is 18.4 Å². The lowest BCUT2D eigenvalue weighted by molar-refractivity contribution is -0.116. The van der Waals surface area contributed by atoms with Crippen LogP contribution in [0.3, 0.4) is 0 Å². The van der Waals surface area contributed by atoms with Gasteiger partial charge in [0.1, 0.15) is 0 Å². The molecule has 0 saturated carbocycles. The molecule has 3 rings (SSSR count). The van der Waals surface area contributed by atoms with Crippen LogP contribution in [0.15, 0.2) is 47.4 Å². The zero-order chi connectivity index (χ0) is 15.9. The van der Waals surface area contributed by atoms with Crippen molar-refractivity contribution in [2.75, 3.05) is 10.0 Å². The molecule has 1 aliphatic heterocycles. The van der Waals surface area contributed by atoms with Crippen molar-refractivity contribution in [1.29, 1.82) is 0 Å². The standard InChI is InChI=1S/C15H13ClN2O3S/c1-9-13-8-11(5-6-14(13)17-15(9)19)18-22(20,21)12-4-2-3-10(16)7-12/h2-9,18H,1H3,(H,17,19). The monoisotopic (exact) mass is 336 g/mol. The average molecular weight is 337 g/mol. The predicted molar refractivity (Wildman–Crippen MR) is 85.7 cm³/mol. The van der Waals surface area contributed by atoms with Crippen LogP contribution in [0.25, 0.3) is 0 Å². The summed E-state index contributed by atoms with van der Waals surface area (Å²) in [5, 5.41) is 3.09. The van der Waals surface area contributed by atoms with E-state index >= 15 is 0 Å². The molecule has 5 nitrogen and oxygen atoms in total. The van der Waals surface area contributed by atoms with Crippen LogP contribution in [0, 0.1) is 0 Å². The first-order valence-corrected chi connectivity index (χ1v) is 8.46. The van der Waals surface area contributed by atoms with Crippen molar-refractivity contribution in [3.8, 4) is 0 Å². The van der Waals surface area contributed by atoms with Gasteiger partial charge in [-0.3, -0.25) is 9.52 Å². The largest absolute Gasteiger partial charge is 0.325 e. The fraction of sp³-hybridized carbons (Fsp3) is 0.133. The summed E-state index contributed by atoms with van der Waals surface area (Å²) in [6.07, 6.45) is 0. The zero-order valence-corrected chi connectivity index (χ0v) is 13.2. The van der Waals surface area contributed by atoms with Gasteiger partial charge in [-0.05, 0) is 48.9 Å². The molecule has 0 radical (unpaired) electrons. The maximum atomic E-state index is 12.3. The van der Waals surface area contributed by atoms with Crippen LogP contribution in [-0.4, -0.2) is 14.3 Å². The van der Waals surface area contributed by atoms with E-state index in [1.807, 2.05) is 0 Å². The predicted octanol–water partition coefficient (Wildman–Crippen LogP) is 3.20. The zero-order valence-electron chi connectivity index (χ0n) is 11.6. The number of carbonyl (C=O) groups excluding carboxylic acids is 1. The normalized spacial score (nSPS) is 17.0. The molecule has 0 aromatic heterocycles. The summed E-state index contributed by atoms with van der Waals surface area (Å²) < 4.78 is 27.2. The molecule has 1 heterocycles. The van der Waals surface area contributed by atoms with Crippen LogP contribution in [0.5, 0.6) is 0 Å². The van der Waals surface area contributed by atoms with Crippen molar-refractivity contribution >= 4 is 38.9 Å². The van der Waals surface area contributed by atoms with Gasteiger partial charge in [0.25, 0.3) is 10.0 Å². The van der Waals surface area contributed by atoms with E-state index in [-0.39, 0.29) is 16.7 Å². The number of halogens is 1. The Hall–Kier alpha value is -2.05. The van der Waals surface area contributed by atoms with Crippen molar-refractivity contribution in [3.63, 3.8) is 0 Å².